The van der Waals surface area contributed by atoms with Crippen molar-refractivity contribution in [2.45, 2.75) is 13.3 Å². The molecular weight excluding hydrogens is 268 g/mol. The van der Waals surface area contributed by atoms with Gasteiger partial charge in [0.15, 0.2) is 0 Å². The molecule has 1 aromatic carbocycles. The molecular formula is C12H13ClN4O2. The summed E-state index contributed by atoms with van der Waals surface area (Å²) in [6.07, 6.45) is 0.690. The van der Waals surface area contributed by atoms with Gasteiger partial charge < -0.3 is 10.1 Å². The second kappa shape index (κ2) is 5.71. The van der Waals surface area contributed by atoms with Crippen LogP contribution in [0, 0.1) is 0 Å². The molecule has 2 aromatic rings. The number of hydrogen-bond acceptors (Lipinski definition) is 4. The number of halogens is 1. The Kier molecular flexibility index (Phi) is 4.01. The lowest BCUT2D eigenvalue weighted by Gasteiger charge is -2.06. The second-order valence-electron chi connectivity index (χ2n) is 3.76. The van der Waals surface area contributed by atoms with Crippen LogP contribution in [0.1, 0.15) is 23.4 Å². The first-order valence-corrected chi connectivity index (χ1v) is 6.08. The normalized spacial score (nSPS) is 10.3. The van der Waals surface area contributed by atoms with Crippen molar-refractivity contribution in [2.75, 3.05) is 12.4 Å². The lowest BCUT2D eigenvalue weighted by atomic mass is 10.3. The number of nitrogens with one attached hydrogen (secondary N) is 2. The lowest BCUT2D eigenvalue weighted by Crippen LogP contribution is -2.13. The van der Waals surface area contributed by atoms with Gasteiger partial charge >= 0.3 is 0 Å². The summed E-state index contributed by atoms with van der Waals surface area (Å²) in [5, 5.41) is 9.68. The number of rotatable bonds is 4. The third kappa shape index (κ3) is 3.03. The highest BCUT2D eigenvalue weighted by molar-refractivity contribution is 6.32. The van der Waals surface area contributed by atoms with Crippen molar-refractivity contribution >= 4 is 23.2 Å². The van der Waals surface area contributed by atoms with Crippen LogP contribution < -0.4 is 10.1 Å². The zero-order valence-electron chi connectivity index (χ0n) is 10.5. The molecule has 0 fully saturated rings. The van der Waals surface area contributed by atoms with Crippen molar-refractivity contribution in [3.63, 3.8) is 0 Å². The fourth-order valence-electron chi connectivity index (χ4n) is 1.48. The monoisotopic (exact) mass is 280 g/mol. The van der Waals surface area contributed by atoms with E-state index < -0.39 is 0 Å². The number of anilines is 1. The number of carbonyl (C=O) groups is 1. The van der Waals surface area contributed by atoms with E-state index in [9.17, 15) is 4.79 Å². The van der Waals surface area contributed by atoms with E-state index in [1.54, 1.807) is 18.2 Å². The number of aryl methyl sites for hydroxylation is 1. The molecule has 0 unspecified atom stereocenters. The molecule has 2 N–H and O–H groups in total. The standard InChI is InChI=1S/C12H13ClN4O2/c1-3-10-15-11(17-16-10)12(18)14-7-4-5-8(13)9(6-7)19-2/h4-6H,3H2,1-2H3,(H,14,18)(H,15,16,17). The average molecular weight is 281 g/mol. The summed E-state index contributed by atoms with van der Waals surface area (Å²) in [5.74, 6) is 0.869. The van der Waals surface area contributed by atoms with Gasteiger partial charge in [-0.25, -0.2) is 4.98 Å². The van der Waals surface area contributed by atoms with Gasteiger partial charge in [0.25, 0.3) is 5.91 Å². The zero-order chi connectivity index (χ0) is 13.8. The molecule has 1 aromatic heterocycles. The predicted molar refractivity (Wildman–Crippen MR) is 71.7 cm³/mol. The summed E-state index contributed by atoms with van der Waals surface area (Å²) in [6.45, 7) is 1.92. The number of benzene rings is 1. The van der Waals surface area contributed by atoms with Gasteiger partial charge in [-0.2, -0.15) is 0 Å². The molecule has 0 aliphatic carbocycles. The van der Waals surface area contributed by atoms with Crippen LogP contribution in [0.4, 0.5) is 5.69 Å². The minimum Gasteiger partial charge on any atom is -0.495 e. The van der Waals surface area contributed by atoms with Crippen molar-refractivity contribution in [2.24, 2.45) is 0 Å². The van der Waals surface area contributed by atoms with Gasteiger partial charge in [-0.1, -0.05) is 18.5 Å². The van der Waals surface area contributed by atoms with Gasteiger partial charge in [0.05, 0.1) is 12.1 Å². The van der Waals surface area contributed by atoms with Gasteiger partial charge in [0, 0.05) is 18.2 Å². The van der Waals surface area contributed by atoms with Crippen molar-refractivity contribution in [1.82, 2.24) is 15.2 Å². The van der Waals surface area contributed by atoms with Gasteiger partial charge in [-0.15, -0.1) is 5.10 Å². The predicted octanol–water partition coefficient (Wildman–Crippen LogP) is 2.28. The maximum absolute atomic E-state index is 11.9. The number of ether oxygens (including phenoxy) is 1. The summed E-state index contributed by atoms with van der Waals surface area (Å²) in [6, 6.07) is 4.95. The molecule has 0 saturated carbocycles. The van der Waals surface area contributed by atoms with Crippen LogP contribution in [0.25, 0.3) is 0 Å². The fourth-order valence-corrected chi connectivity index (χ4v) is 1.67. The maximum atomic E-state index is 11.9. The van der Waals surface area contributed by atoms with Crippen LogP contribution in [0.5, 0.6) is 5.75 Å². The largest absolute Gasteiger partial charge is 0.495 e. The first kappa shape index (κ1) is 13.4. The Bertz CT molecular complexity index is 597. The number of amides is 1. The van der Waals surface area contributed by atoms with Crippen LogP contribution in [-0.4, -0.2) is 28.2 Å². The highest BCUT2D eigenvalue weighted by Crippen LogP contribution is 2.27. The smallest absolute Gasteiger partial charge is 0.295 e. The number of methoxy groups -OCH3 is 1. The van der Waals surface area contributed by atoms with Crippen LogP contribution in [0.2, 0.25) is 5.02 Å². The van der Waals surface area contributed by atoms with Crippen LogP contribution in [-0.2, 0) is 6.42 Å². The number of nitrogens with zero attached hydrogens (tertiary/aromatic N) is 2. The van der Waals surface area contributed by atoms with E-state index in [0.717, 1.165) is 0 Å². The molecule has 0 bridgehead atoms. The topological polar surface area (TPSA) is 79.9 Å². The van der Waals surface area contributed by atoms with E-state index in [1.807, 2.05) is 6.92 Å². The van der Waals surface area contributed by atoms with E-state index in [1.165, 1.54) is 7.11 Å². The molecule has 0 aliphatic heterocycles. The van der Waals surface area contributed by atoms with Crippen LogP contribution >= 0.6 is 11.6 Å². The zero-order valence-corrected chi connectivity index (χ0v) is 11.3. The highest BCUT2D eigenvalue weighted by Gasteiger charge is 2.13. The van der Waals surface area contributed by atoms with Crippen molar-refractivity contribution in [3.05, 3.63) is 34.9 Å². The van der Waals surface area contributed by atoms with Gasteiger partial charge in [0.1, 0.15) is 11.6 Å². The summed E-state index contributed by atoms with van der Waals surface area (Å²) in [7, 11) is 1.51. The third-order valence-electron chi connectivity index (χ3n) is 2.48. The van der Waals surface area contributed by atoms with Crippen LogP contribution in [0.15, 0.2) is 18.2 Å². The first-order valence-electron chi connectivity index (χ1n) is 5.70. The SMILES string of the molecule is CCc1nc(C(=O)Nc2ccc(Cl)c(OC)c2)n[nH]1. The van der Waals surface area contributed by atoms with Crippen LogP contribution in [0.3, 0.4) is 0 Å². The number of hydrogen-bond donors (Lipinski definition) is 2. The number of aromatic amines is 1. The number of aromatic nitrogens is 3. The summed E-state index contributed by atoms with van der Waals surface area (Å²) < 4.78 is 5.07. The Morgan fingerprint density at radius 1 is 1.53 bits per heavy atom. The lowest BCUT2D eigenvalue weighted by molar-refractivity contribution is 0.101. The molecule has 0 saturated heterocycles. The summed E-state index contributed by atoms with van der Waals surface area (Å²) in [5.41, 5.74) is 0.564. The maximum Gasteiger partial charge on any atom is 0.295 e. The highest BCUT2D eigenvalue weighted by atomic mass is 35.5. The summed E-state index contributed by atoms with van der Waals surface area (Å²) in [4.78, 5) is 15.9. The third-order valence-corrected chi connectivity index (χ3v) is 2.79. The van der Waals surface area contributed by atoms with E-state index in [2.05, 4.69) is 20.5 Å². The summed E-state index contributed by atoms with van der Waals surface area (Å²) >= 11 is 5.90. The van der Waals surface area contributed by atoms with Crippen molar-refractivity contribution < 1.29 is 9.53 Å². The van der Waals surface area contributed by atoms with E-state index in [4.69, 9.17) is 16.3 Å². The van der Waals surface area contributed by atoms with Gasteiger partial charge in [0.2, 0.25) is 5.82 Å². The molecule has 0 radical (unpaired) electrons. The Morgan fingerprint density at radius 3 is 2.95 bits per heavy atom. The first-order chi connectivity index (χ1) is 9.13. The van der Waals surface area contributed by atoms with Crippen molar-refractivity contribution in [1.29, 1.82) is 0 Å². The van der Waals surface area contributed by atoms with Gasteiger partial charge in [-0.05, 0) is 12.1 Å². The number of H-pyrrole nitrogens is 1. The molecule has 7 heteroatoms. The Balaban J connectivity index is 2.14. The molecule has 0 aliphatic rings. The van der Waals surface area contributed by atoms with E-state index in [-0.39, 0.29) is 11.7 Å². The molecule has 100 valence electrons. The molecule has 1 amide bonds. The minimum atomic E-state index is -0.389. The second-order valence-corrected chi connectivity index (χ2v) is 4.17. The Labute approximate surface area is 115 Å². The minimum absolute atomic E-state index is 0.103. The van der Waals surface area contributed by atoms with Gasteiger partial charge in [-0.3, -0.25) is 9.89 Å². The quantitative estimate of drug-likeness (QED) is 0.900. The molecule has 0 spiro atoms. The average Bonchev–Trinajstić information content (AvgIpc) is 2.90. The fraction of sp³-hybridized carbons (Fsp3) is 0.250. The molecule has 19 heavy (non-hydrogen) atoms. The molecule has 6 nitrogen and oxygen atoms in total. The van der Waals surface area contributed by atoms with E-state index >= 15 is 0 Å². The van der Waals surface area contributed by atoms with E-state index in [0.29, 0.717) is 28.7 Å². The Hall–Kier alpha value is -2.08. The Morgan fingerprint density at radius 2 is 2.32 bits per heavy atom. The molecule has 1 heterocycles. The molecule has 0 atom stereocenters. The van der Waals surface area contributed by atoms with Crippen molar-refractivity contribution in [3.8, 4) is 5.75 Å². The number of carbonyl (C=O) groups excluding carboxylic acids is 1. The molecule has 2 rings (SSSR count).